The zero-order valence-electron chi connectivity index (χ0n) is 15.9. The third-order valence-corrected chi connectivity index (χ3v) is 4.81. The Morgan fingerprint density at radius 3 is 2.36 bits per heavy atom. The maximum absolute atomic E-state index is 13.6. The van der Waals surface area contributed by atoms with Crippen LogP contribution in [0.25, 0.3) is 0 Å². The number of ether oxygens (including phenoxy) is 1. The predicted molar refractivity (Wildman–Crippen MR) is 104 cm³/mol. The van der Waals surface area contributed by atoms with E-state index in [0.29, 0.717) is 13.1 Å². The molecule has 0 radical (unpaired) electrons. The number of nitrogens with one attached hydrogen (secondary N) is 1. The minimum Gasteiger partial charge on any atom is -0.497 e. The minimum atomic E-state index is -0.598. The van der Waals surface area contributed by atoms with Crippen LogP contribution in [0, 0.1) is 5.82 Å². The molecule has 2 aromatic rings. The number of hydrogen-bond acceptors (Lipinski definition) is 4. The molecule has 3 rings (SSSR count). The van der Waals surface area contributed by atoms with Crippen molar-refractivity contribution < 1.29 is 18.7 Å². The molecule has 2 aromatic carbocycles. The van der Waals surface area contributed by atoms with Crippen molar-refractivity contribution in [2.24, 2.45) is 0 Å². The third kappa shape index (κ3) is 5.07. The molecule has 28 heavy (non-hydrogen) atoms. The molecule has 1 fully saturated rings. The van der Waals surface area contributed by atoms with E-state index in [-0.39, 0.29) is 18.0 Å². The summed E-state index contributed by atoms with van der Waals surface area (Å²) >= 11 is 0. The molecule has 1 N–H and O–H groups in total. The molecule has 6 nitrogen and oxygen atoms in total. The summed E-state index contributed by atoms with van der Waals surface area (Å²) in [5.74, 6) is -0.505. The SMILES string of the molecule is COc1ccc(CN2CCN(C(=O)CNC(=O)c3ccccc3F)CC2)cc1. The van der Waals surface area contributed by atoms with Gasteiger partial charge in [-0.3, -0.25) is 14.5 Å². The number of nitrogens with zero attached hydrogens (tertiary/aromatic N) is 2. The lowest BCUT2D eigenvalue weighted by Crippen LogP contribution is -2.50. The number of carbonyl (C=O) groups excluding carboxylic acids is 2. The van der Waals surface area contributed by atoms with Gasteiger partial charge in [0.25, 0.3) is 5.91 Å². The van der Waals surface area contributed by atoms with Crippen LogP contribution in [0.2, 0.25) is 0 Å². The number of carbonyl (C=O) groups is 2. The Morgan fingerprint density at radius 2 is 1.71 bits per heavy atom. The highest BCUT2D eigenvalue weighted by atomic mass is 19.1. The molecule has 1 aliphatic rings. The Kier molecular flexibility index (Phi) is 6.60. The highest BCUT2D eigenvalue weighted by molar-refractivity contribution is 5.96. The largest absolute Gasteiger partial charge is 0.497 e. The van der Waals surface area contributed by atoms with Gasteiger partial charge in [0.2, 0.25) is 5.91 Å². The molecule has 0 atom stereocenters. The Balaban J connectivity index is 1.43. The Bertz CT molecular complexity index is 818. The van der Waals surface area contributed by atoms with Crippen LogP contribution in [-0.2, 0) is 11.3 Å². The zero-order chi connectivity index (χ0) is 19.9. The van der Waals surface area contributed by atoms with Gasteiger partial charge in [-0.25, -0.2) is 4.39 Å². The first-order valence-electron chi connectivity index (χ1n) is 9.22. The van der Waals surface area contributed by atoms with Gasteiger partial charge in [-0.05, 0) is 29.8 Å². The molecule has 0 aromatic heterocycles. The fraction of sp³-hybridized carbons (Fsp3) is 0.333. The summed E-state index contributed by atoms with van der Waals surface area (Å²) in [4.78, 5) is 28.4. The van der Waals surface area contributed by atoms with E-state index in [4.69, 9.17) is 4.74 Å². The molecule has 7 heteroatoms. The molecule has 0 spiro atoms. The van der Waals surface area contributed by atoms with Crippen molar-refractivity contribution in [3.63, 3.8) is 0 Å². The van der Waals surface area contributed by atoms with E-state index >= 15 is 0 Å². The van der Waals surface area contributed by atoms with Gasteiger partial charge >= 0.3 is 0 Å². The smallest absolute Gasteiger partial charge is 0.254 e. The minimum absolute atomic E-state index is 0.0559. The van der Waals surface area contributed by atoms with Crippen molar-refractivity contribution >= 4 is 11.8 Å². The van der Waals surface area contributed by atoms with Crippen LogP contribution in [0.1, 0.15) is 15.9 Å². The number of rotatable bonds is 6. The lowest BCUT2D eigenvalue weighted by Gasteiger charge is -2.34. The monoisotopic (exact) mass is 385 g/mol. The molecular formula is C21H24FN3O3. The summed E-state index contributed by atoms with van der Waals surface area (Å²) < 4.78 is 18.8. The van der Waals surface area contributed by atoms with Crippen molar-refractivity contribution in [2.75, 3.05) is 39.8 Å². The standard InChI is InChI=1S/C21H24FN3O3/c1-28-17-8-6-16(7-9-17)15-24-10-12-25(13-11-24)20(26)14-23-21(27)18-4-2-3-5-19(18)22/h2-9H,10-15H2,1H3,(H,23,27). The van der Waals surface area contributed by atoms with Crippen molar-refractivity contribution in [3.8, 4) is 5.75 Å². The molecule has 148 valence electrons. The van der Waals surface area contributed by atoms with E-state index in [9.17, 15) is 14.0 Å². The van der Waals surface area contributed by atoms with Crippen molar-refractivity contribution in [1.82, 2.24) is 15.1 Å². The van der Waals surface area contributed by atoms with Crippen LogP contribution in [0.4, 0.5) is 4.39 Å². The highest BCUT2D eigenvalue weighted by Crippen LogP contribution is 2.14. The van der Waals surface area contributed by atoms with Gasteiger partial charge < -0.3 is 15.0 Å². The summed E-state index contributed by atoms with van der Waals surface area (Å²) in [6.07, 6.45) is 0. The lowest BCUT2D eigenvalue weighted by molar-refractivity contribution is -0.131. The Labute approximate surface area is 163 Å². The molecule has 0 aliphatic carbocycles. The molecule has 1 saturated heterocycles. The number of piperazine rings is 1. The van der Waals surface area contributed by atoms with Crippen molar-refractivity contribution in [1.29, 1.82) is 0 Å². The maximum Gasteiger partial charge on any atom is 0.254 e. The van der Waals surface area contributed by atoms with E-state index in [1.54, 1.807) is 18.1 Å². The van der Waals surface area contributed by atoms with Gasteiger partial charge in [0.1, 0.15) is 11.6 Å². The van der Waals surface area contributed by atoms with Crippen LogP contribution in [0.3, 0.4) is 0 Å². The first-order valence-corrected chi connectivity index (χ1v) is 9.22. The normalized spacial score (nSPS) is 14.6. The fourth-order valence-electron chi connectivity index (χ4n) is 3.15. The van der Waals surface area contributed by atoms with Gasteiger partial charge in [-0.15, -0.1) is 0 Å². The third-order valence-electron chi connectivity index (χ3n) is 4.81. The zero-order valence-corrected chi connectivity index (χ0v) is 15.9. The van der Waals surface area contributed by atoms with Gasteiger partial charge in [-0.2, -0.15) is 0 Å². The quantitative estimate of drug-likeness (QED) is 0.825. The molecule has 0 bridgehead atoms. The Morgan fingerprint density at radius 1 is 1.04 bits per heavy atom. The predicted octanol–water partition coefficient (Wildman–Crippen LogP) is 1.91. The van der Waals surface area contributed by atoms with Crippen molar-refractivity contribution in [2.45, 2.75) is 6.54 Å². The first-order chi connectivity index (χ1) is 13.6. The van der Waals surface area contributed by atoms with Crippen LogP contribution in [-0.4, -0.2) is 61.4 Å². The Hall–Kier alpha value is -2.93. The number of hydrogen-bond donors (Lipinski definition) is 1. The highest BCUT2D eigenvalue weighted by Gasteiger charge is 2.22. The summed E-state index contributed by atoms with van der Waals surface area (Å²) in [5, 5.41) is 2.50. The number of benzene rings is 2. The second-order valence-corrected chi connectivity index (χ2v) is 6.67. The average Bonchev–Trinajstić information content (AvgIpc) is 2.73. The fourth-order valence-corrected chi connectivity index (χ4v) is 3.15. The molecule has 1 aliphatic heterocycles. The first kappa shape index (κ1) is 19.8. The summed E-state index contributed by atoms with van der Waals surface area (Å²) in [6, 6.07) is 13.7. The van der Waals surface area contributed by atoms with Gasteiger partial charge in [0.05, 0.1) is 19.2 Å². The van der Waals surface area contributed by atoms with Crippen LogP contribution in [0.5, 0.6) is 5.75 Å². The summed E-state index contributed by atoms with van der Waals surface area (Å²) in [7, 11) is 1.64. The number of methoxy groups -OCH3 is 1. The van der Waals surface area contributed by atoms with Crippen LogP contribution in [0.15, 0.2) is 48.5 Å². The molecule has 1 heterocycles. The average molecular weight is 385 g/mol. The van der Waals surface area contributed by atoms with E-state index in [2.05, 4.69) is 10.2 Å². The van der Waals surface area contributed by atoms with Crippen LogP contribution >= 0.6 is 0 Å². The second kappa shape index (κ2) is 9.32. The molecule has 0 saturated carbocycles. The summed E-state index contributed by atoms with van der Waals surface area (Å²) in [5.41, 5.74) is 1.14. The van der Waals surface area contributed by atoms with E-state index in [1.165, 1.54) is 23.8 Å². The summed E-state index contributed by atoms with van der Waals surface area (Å²) in [6.45, 7) is 3.41. The van der Waals surface area contributed by atoms with E-state index < -0.39 is 11.7 Å². The maximum atomic E-state index is 13.6. The number of amides is 2. The molecule has 0 unspecified atom stereocenters. The lowest BCUT2D eigenvalue weighted by atomic mass is 10.2. The topological polar surface area (TPSA) is 61.9 Å². The molecular weight excluding hydrogens is 361 g/mol. The van der Waals surface area contributed by atoms with Crippen LogP contribution < -0.4 is 10.1 Å². The van der Waals surface area contributed by atoms with E-state index in [1.807, 2.05) is 24.3 Å². The van der Waals surface area contributed by atoms with E-state index in [0.717, 1.165) is 25.4 Å². The number of halogens is 1. The van der Waals surface area contributed by atoms with Gasteiger partial charge in [-0.1, -0.05) is 24.3 Å². The van der Waals surface area contributed by atoms with Gasteiger partial charge in [0, 0.05) is 32.7 Å². The van der Waals surface area contributed by atoms with Gasteiger partial charge in [0.15, 0.2) is 0 Å². The second-order valence-electron chi connectivity index (χ2n) is 6.67. The molecule has 2 amide bonds. The van der Waals surface area contributed by atoms with Crippen molar-refractivity contribution in [3.05, 3.63) is 65.5 Å².